The highest BCUT2D eigenvalue weighted by Crippen LogP contribution is 2.29. The van der Waals surface area contributed by atoms with Gasteiger partial charge in [0.1, 0.15) is 0 Å². The molecule has 1 fully saturated rings. The van der Waals surface area contributed by atoms with E-state index in [0.29, 0.717) is 34.9 Å². The van der Waals surface area contributed by atoms with Gasteiger partial charge in [-0.25, -0.2) is 0 Å². The van der Waals surface area contributed by atoms with Gasteiger partial charge < -0.3 is 25.0 Å². The second kappa shape index (κ2) is 12.1. The smallest absolute Gasteiger partial charge is 0.260 e. The van der Waals surface area contributed by atoms with Crippen molar-refractivity contribution >= 4 is 23.4 Å². The number of piperidine rings is 1. The minimum Gasteiger partial charge on any atom is -0.490 e. The zero-order valence-electron chi connectivity index (χ0n) is 20.1. The highest BCUT2D eigenvalue weighted by Gasteiger charge is 2.19. The van der Waals surface area contributed by atoms with Gasteiger partial charge in [-0.05, 0) is 70.4 Å². The molecule has 182 valence electrons. The lowest BCUT2D eigenvalue weighted by Gasteiger charge is -2.26. The van der Waals surface area contributed by atoms with Crippen molar-refractivity contribution in [3.05, 3.63) is 53.6 Å². The molecule has 0 aliphatic carbocycles. The standard InChI is InChI=1S/C26H33N3O5/c1-4-33-23-16-19(12-13-22(23)34-17-24(30)29-14-8-5-9-15-29)25(31)28-21-11-7-6-10-20(21)26(32)27-18(2)3/h6-7,10-13,16,18H,4-5,8-9,14-15,17H2,1-3H3,(H,27,32)(H,28,31). The SMILES string of the molecule is CCOc1cc(C(=O)Nc2ccccc2C(=O)NC(C)C)ccc1OCC(=O)N1CCCCC1. The number of ether oxygens (including phenoxy) is 2. The first-order valence-corrected chi connectivity index (χ1v) is 11.8. The van der Waals surface area contributed by atoms with Crippen LogP contribution in [0.1, 0.15) is 60.7 Å². The first kappa shape index (κ1) is 25.1. The van der Waals surface area contributed by atoms with Crippen LogP contribution in [0.4, 0.5) is 5.69 Å². The molecule has 2 aromatic rings. The van der Waals surface area contributed by atoms with Gasteiger partial charge in [0, 0.05) is 24.7 Å². The Morgan fingerprint density at radius 3 is 2.38 bits per heavy atom. The summed E-state index contributed by atoms with van der Waals surface area (Å²) in [6.07, 6.45) is 3.18. The summed E-state index contributed by atoms with van der Waals surface area (Å²) in [4.78, 5) is 39.7. The number of amides is 3. The largest absolute Gasteiger partial charge is 0.490 e. The molecule has 1 saturated heterocycles. The molecule has 3 rings (SSSR count). The van der Waals surface area contributed by atoms with Crippen molar-refractivity contribution in [2.24, 2.45) is 0 Å². The lowest BCUT2D eigenvalue weighted by molar-refractivity contribution is -0.134. The minimum atomic E-state index is -0.387. The van der Waals surface area contributed by atoms with Crippen molar-refractivity contribution < 1.29 is 23.9 Å². The van der Waals surface area contributed by atoms with E-state index in [1.165, 1.54) is 0 Å². The molecular formula is C26H33N3O5. The lowest BCUT2D eigenvalue weighted by Crippen LogP contribution is -2.38. The summed E-state index contributed by atoms with van der Waals surface area (Å²) in [6.45, 7) is 7.39. The van der Waals surface area contributed by atoms with E-state index in [1.54, 1.807) is 42.5 Å². The van der Waals surface area contributed by atoms with E-state index < -0.39 is 0 Å². The summed E-state index contributed by atoms with van der Waals surface area (Å²) in [5.74, 6) is 0.0814. The summed E-state index contributed by atoms with van der Waals surface area (Å²) >= 11 is 0. The second-order valence-electron chi connectivity index (χ2n) is 8.45. The molecule has 0 saturated carbocycles. The summed E-state index contributed by atoms with van der Waals surface area (Å²) < 4.78 is 11.4. The van der Waals surface area contributed by atoms with Crippen LogP contribution in [-0.4, -0.2) is 55.0 Å². The molecule has 2 N–H and O–H groups in total. The van der Waals surface area contributed by atoms with Crippen LogP contribution in [0.3, 0.4) is 0 Å². The topological polar surface area (TPSA) is 97.0 Å². The van der Waals surface area contributed by atoms with Crippen molar-refractivity contribution in [2.75, 3.05) is 31.6 Å². The van der Waals surface area contributed by atoms with E-state index in [4.69, 9.17) is 9.47 Å². The number of hydrogen-bond donors (Lipinski definition) is 2. The van der Waals surface area contributed by atoms with Crippen LogP contribution in [0.2, 0.25) is 0 Å². The average molecular weight is 468 g/mol. The fourth-order valence-electron chi connectivity index (χ4n) is 3.74. The summed E-state index contributed by atoms with van der Waals surface area (Å²) in [6, 6.07) is 11.6. The molecule has 8 nitrogen and oxygen atoms in total. The third kappa shape index (κ3) is 6.73. The maximum Gasteiger partial charge on any atom is 0.260 e. The monoisotopic (exact) mass is 467 g/mol. The van der Waals surface area contributed by atoms with Crippen LogP contribution in [0.5, 0.6) is 11.5 Å². The number of rotatable bonds is 9. The Morgan fingerprint density at radius 1 is 0.941 bits per heavy atom. The number of likely N-dealkylation sites (tertiary alicyclic amines) is 1. The van der Waals surface area contributed by atoms with Crippen LogP contribution < -0.4 is 20.1 Å². The minimum absolute atomic E-state index is 0.0284. The van der Waals surface area contributed by atoms with E-state index in [1.807, 2.05) is 25.7 Å². The van der Waals surface area contributed by atoms with Gasteiger partial charge in [0.2, 0.25) is 0 Å². The molecule has 0 atom stereocenters. The van der Waals surface area contributed by atoms with E-state index in [0.717, 1.165) is 32.4 Å². The molecule has 2 aromatic carbocycles. The average Bonchev–Trinajstić information content (AvgIpc) is 2.83. The van der Waals surface area contributed by atoms with Gasteiger partial charge in [-0.3, -0.25) is 14.4 Å². The molecule has 0 aromatic heterocycles. The van der Waals surface area contributed by atoms with E-state index in [2.05, 4.69) is 10.6 Å². The maximum atomic E-state index is 13.0. The summed E-state index contributed by atoms with van der Waals surface area (Å²) in [5.41, 5.74) is 1.14. The van der Waals surface area contributed by atoms with Crippen LogP contribution in [-0.2, 0) is 4.79 Å². The van der Waals surface area contributed by atoms with E-state index in [9.17, 15) is 14.4 Å². The zero-order chi connectivity index (χ0) is 24.5. The third-order valence-corrected chi connectivity index (χ3v) is 5.41. The first-order valence-electron chi connectivity index (χ1n) is 11.8. The van der Waals surface area contributed by atoms with Gasteiger partial charge in [0.25, 0.3) is 17.7 Å². The number of carbonyl (C=O) groups excluding carboxylic acids is 3. The predicted molar refractivity (Wildman–Crippen MR) is 131 cm³/mol. The number of nitrogens with one attached hydrogen (secondary N) is 2. The van der Waals surface area contributed by atoms with Crippen LogP contribution in [0.25, 0.3) is 0 Å². The highest BCUT2D eigenvalue weighted by molar-refractivity contribution is 6.09. The fourth-order valence-corrected chi connectivity index (χ4v) is 3.74. The van der Waals surface area contributed by atoms with Gasteiger partial charge >= 0.3 is 0 Å². The van der Waals surface area contributed by atoms with Gasteiger partial charge in [0.05, 0.1) is 17.9 Å². The Labute approximate surface area is 200 Å². The number of para-hydroxylation sites is 1. The molecule has 1 aliphatic rings. The molecule has 1 aliphatic heterocycles. The fraction of sp³-hybridized carbons (Fsp3) is 0.423. The zero-order valence-corrected chi connectivity index (χ0v) is 20.1. The van der Waals surface area contributed by atoms with Crippen molar-refractivity contribution in [1.82, 2.24) is 10.2 Å². The Bertz CT molecular complexity index is 1020. The molecule has 34 heavy (non-hydrogen) atoms. The second-order valence-corrected chi connectivity index (χ2v) is 8.45. The quantitative estimate of drug-likeness (QED) is 0.584. The number of carbonyl (C=O) groups is 3. The Kier molecular flexibility index (Phi) is 8.90. The number of anilines is 1. The molecule has 3 amide bonds. The van der Waals surface area contributed by atoms with Crippen LogP contribution in [0, 0.1) is 0 Å². The summed E-state index contributed by atoms with van der Waals surface area (Å²) in [5, 5.41) is 5.64. The lowest BCUT2D eigenvalue weighted by atomic mass is 10.1. The number of nitrogens with zero attached hydrogens (tertiary/aromatic N) is 1. The number of hydrogen-bond acceptors (Lipinski definition) is 5. The van der Waals surface area contributed by atoms with Gasteiger partial charge in [-0.1, -0.05) is 12.1 Å². The predicted octanol–water partition coefficient (Wildman–Crippen LogP) is 3.87. The molecule has 8 heteroatoms. The normalized spacial score (nSPS) is 13.4. The summed E-state index contributed by atoms with van der Waals surface area (Å²) in [7, 11) is 0. The molecular weight excluding hydrogens is 434 g/mol. The Balaban J connectivity index is 1.71. The maximum absolute atomic E-state index is 13.0. The van der Waals surface area contributed by atoms with E-state index in [-0.39, 0.29) is 30.4 Å². The number of benzene rings is 2. The Morgan fingerprint density at radius 2 is 1.68 bits per heavy atom. The van der Waals surface area contributed by atoms with Crippen molar-refractivity contribution in [3.63, 3.8) is 0 Å². The molecule has 0 spiro atoms. The highest BCUT2D eigenvalue weighted by atomic mass is 16.5. The van der Waals surface area contributed by atoms with Gasteiger partial charge in [0.15, 0.2) is 18.1 Å². The third-order valence-electron chi connectivity index (χ3n) is 5.41. The molecule has 0 radical (unpaired) electrons. The van der Waals surface area contributed by atoms with Crippen molar-refractivity contribution in [1.29, 1.82) is 0 Å². The van der Waals surface area contributed by atoms with Crippen molar-refractivity contribution in [2.45, 2.75) is 46.1 Å². The Hall–Kier alpha value is -3.55. The molecule has 1 heterocycles. The first-order chi connectivity index (χ1) is 16.4. The van der Waals surface area contributed by atoms with E-state index >= 15 is 0 Å². The van der Waals surface area contributed by atoms with Gasteiger partial charge in [-0.2, -0.15) is 0 Å². The van der Waals surface area contributed by atoms with Crippen LogP contribution >= 0.6 is 0 Å². The van der Waals surface area contributed by atoms with Crippen molar-refractivity contribution in [3.8, 4) is 11.5 Å². The van der Waals surface area contributed by atoms with Gasteiger partial charge in [-0.15, -0.1) is 0 Å². The molecule has 0 unspecified atom stereocenters. The molecule has 0 bridgehead atoms. The van der Waals surface area contributed by atoms with Crippen LogP contribution in [0.15, 0.2) is 42.5 Å².